The quantitative estimate of drug-likeness (QED) is 0.579. The molecule has 0 aromatic heterocycles. The molecule has 0 spiro atoms. The average Bonchev–Trinajstić information content (AvgIpc) is 2.46. The second-order valence-electron chi connectivity index (χ2n) is 4.19. The van der Waals surface area contributed by atoms with Gasteiger partial charge in [0.1, 0.15) is 11.5 Å². The molecule has 2 aromatic rings. The largest absolute Gasteiger partial charge is 0.507 e. The monoisotopic (exact) mass is 420 g/mol. The minimum absolute atomic E-state index is 0. The third-order valence-electron chi connectivity index (χ3n) is 2.69. The summed E-state index contributed by atoms with van der Waals surface area (Å²) < 4.78 is 0. The van der Waals surface area contributed by atoms with E-state index in [-0.39, 0.29) is 51.9 Å². The summed E-state index contributed by atoms with van der Waals surface area (Å²) >= 11 is 0. The Hall–Kier alpha value is -1.28. The van der Waals surface area contributed by atoms with Crippen molar-refractivity contribution in [1.29, 1.82) is 0 Å². The fraction of sp³-hybridized carbons (Fsp3) is 0.125. The second kappa shape index (κ2) is 9.62. The molecule has 0 saturated heterocycles. The number of benzene rings is 2. The van der Waals surface area contributed by atoms with Crippen molar-refractivity contribution < 1.29 is 50.6 Å². The van der Waals surface area contributed by atoms with Crippen LogP contribution >= 0.6 is 0 Å². The second-order valence-corrected chi connectivity index (χ2v) is 4.19. The standard InChI is InChI=1S/C16H16N2O2.Sm/c19-15-7-3-1-5-13(15)11-17-9-10-18-12-14-6-2-4-8-16(14)20;/h1-8,11-12,19-20H,9-10H2;. The van der Waals surface area contributed by atoms with E-state index in [2.05, 4.69) is 9.98 Å². The van der Waals surface area contributed by atoms with Gasteiger partial charge in [-0.2, -0.15) is 0 Å². The fourth-order valence-electron chi connectivity index (χ4n) is 1.63. The molecule has 0 aliphatic rings. The Kier molecular flexibility index (Phi) is 8.14. The molecule has 0 amide bonds. The van der Waals surface area contributed by atoms with E-state index in [1.165, 1.54) is 0 Å². The molecule has 0 unspecified atom stereocenters. The maximum Gasteiger partial charge on any atom is 0.124 e. The molecule has 0 bridgehead atoms. The summed E-state index contributed by atoms with van der Waals surface area (Å²) in [5.41, 5.74) is 1.38. The first-order valence-corrected chi connectivity index (χ1v) is 6.33. The van der Waals surface area contributed by atoms with E-state index in [0.29, 0.717) is 24.2 Å². The predicted molar refractivity (Wildman–Crippen MR) is 81.1 cm³/mol. The SMILES string of the molecule is Oc1ccccc1C=NCCN=Cc1ccccc1O.[Sm]. The van der Waals surface area contributed by atoms with Gasteiger partial charge in [0.05, 0.1) is 13.1 Å². The molecule has 108 valence electrons. The summed E-state index contributed by atoms with van der Waals surface area (Å²) in [4.78, 5) is 8.39. The summed E-state index contributed by atoms with van der Waals surface area (Å²) in [5, 5.41) is 19.1. The van der Waals surface area contributed by atoms with Gasteiger partial charge >= 0.3 is 0 Å². The van der Waals surface area contributed by atoms with Gasteiger partial charge in [-0.3, -0.25) is 9.98 Å². The summed E-state index contributed by atoms with van der Waals surface area (Å²) in [5.74, 6) is 0.433. The van der Waals surface area contributed by atoms with Crippen LogP contribution < -0.4 is 0 Å². The maximum atomic E-state index is 9.54. The Morgan fingerprint density at radius 2 is 1.10 bits per heavy atom. The Morgan fingerprint density at radius 3 is 1.48 bits per heavy atom. The van der Waals surface area contributed by atoms with Gasteiger partial charge in [0.2, 0.25) is 0 Å². The average molecular weight is 419 g/mol. The van der Waals surface area contributed by atoms with Crippen molar-refractivity contribution in [3.05, 3.63) is 59.7 Å². The first-order chi connectivity index (χ1) is 9.77. The molecule has 0 atom stereocenters. The van der Waals surface area contributed by atoms with Crippen LogP contribution in [0.15, 0.2) is 58.5 Å². The Bertz CT molecular complexity index is 572. The molecule has 0 heterocycles. The van der Waals surface area contributed by atoms with E-state index in [1.807, 2.05) is 12.1 Å². The molecule has 2 N–H and O–H groups in total. The van der Waals surface area contributed by atoms with Gasteiger partial charge in [0, 0.05) is 63.9 Å². The van der Waals surface area contributed by atoms with Crippen LogP contribution in [0.1, 0.15) is 11.1 Å². The van der Waals surface area contributed by atoms with Crippen molar-refractivity contribution in [2.45, 2.75) is 0 Å². The van der Waals surface area contributed by atoms with Crippen molar-refractivity contribution in [1.82, 2.24) is 0 Å². The zero-order valence-corrected chi connectivity index (χ0v) is 14.0. The minimum atomic E-state index is 0. The summed E-state index contributed by atoms with van der Waals surface area (Å²) in [6.07, 6.45) is 3.26. The van der Waals surface area contributed by atoms with Crippen LogP contribution in [0, 0.1) is 40.4 Å². The number of hydrogen-bond acceptors (Lipinski definition) is 4. The number of phenolic OH excluding ortho intramolecular Hbond substituents is 2. The van der Waals surface area contributed by atoms with Crippen molar-refractivity contribution in [3.8, 4) is 11.5 Å². The molecular weight excluding hydrogens is 403 g/mol. The molecule has 0 saturated carbocycles. The van der Waals surface area contributed by atoms with Crippen molar-refractivity contribution in [2.75, 3.05) is 13.1 Å². The van der Waals surface area contributed by atoms with Gasteiger partial charge in [0.15, 0.2) is 0 Å². The van der Waals surface area contributed by atoms with Crippen molar-refractivity contribution in [2.24, 2.45) is 9.98 Å². The summed E-state index contributed by atoms with van der Waals surface area (Å²) in [7, 11) is 0. The van der Waals surface area contributed by atoms with Gasteiger partial charge in [-0.05, 0) is 24.3 Å². The molecule has 2 aromatic carbocycles. The Balaban J connectivity index is 0.00000220. The van der Waals surface area contributed by atoms with Crippen LogP contribution in [-0.2, 0) is 0 Å². The molecule has 21 heavy (non-hydrogen) atoms. The zero-order chi connectivity index (χ0) is 14.2. The summed E-state index contributed by atoms with van der Waals surface area (Å²) in [6.45, 7) is 1.05. The van der Waals surface area contributed by atoms with Gasteiger partial charge in [-0.25, -0.2) is 0 Å². The molecule has 2 rings (SSSR count). The Morgan fingerprint density at radius 1 is 0.714 bits per heavy atom. The number of nitrogens with zero attached hydrogens (tertiary/aromatic N) is 2. The van der Waals surface area contributed by atoms with E-state index >= 15 is 0 Å². The Labute approximate surface area is 156 Å². The molecule has 0 radical (unpaired) electrons. The van der Waals surface area contributed by atoms with Crippen LogP contribution in [0.2, 0.25) is 0 Å². The van der Waals surface area contributed by atoms with Crippen LogP contribution in [-0.4, -0.2) is 35.7 Å². The van der Waals surface area contributed by atoms with E-state index in [4.69, 9.17) is 0 Å². The van der Waals surface area contributed by atoms with Gasteiger partial charge in [-0.1, -0.05) is 24.3 Å². The van der Waals surface area contributed by atoms with E-state index in [1.54, 1.807) is 48.8 Å². The fourth-order valence-corrected chi connectivity index (χ4v) is 1.63. The summed E-state index contributed by atoms with van der Waals surface area (Å²) in [6, 6.07) is 14.1. The smallest absolute Gasteiger partial charge is 0.124 e. The number of rotatable bonds is 5. The van der Waals surface area contributed by atoms with Crippen LogP contribution in [0.25, 0.3) is 0 Å². The molecule has 0 aliphatic carbocycles. The first-order valence-electron chi connectivity index (χ1n) is 6.33. The number of para-hydroxylation sites is 2. The minimum Gasteiger partial charge on any atom is -0.507 e. The van der Waals surface area contributed by atoms with E-state index < -0.39 is 0 Å². The normalized spacial score (nSPS) is 10.9. The van der Waals surface area contributed by atoms with Crippen molar-refractivity contribution >= 4 is 12.4 Å². The topological polar surface area (TPSA) is 65.2 Å². The molecule has 5 heteroatoms. The molecule has 0 aliphatic heterocycles. The van der Waals surface area contributed by atoms with Gasteiger partial charge in [-0.15, -0.1) is 0 Å². The maximum absolute atomic E-state index is 9.54. The number of hydrogen-bond donors (Lipinski definition) is 2. The van der Waals surface area contributed by atoms with Crippen LogP contribution in [0.4, 0.5) is 0 Å². The molecule has 0 fully saturated rings. The van der Waals surface area contributed by atoms with Gasteiger partial charge in [0.25, 0.3) is 0 Å². The van der Waals surface area contributed by atoms with Crippen LogP contribution in [0.5, 0.6) is 11.5 Å². The number of aliphatic imine (C=N–C) groups is 2. The van der Waals surface area contributed by atoms with E-state index in [0.717, 1.165) is 0 Å². The number of aromatic hydroxyl groups is 2. The molecular formula is C16H16N2O2Sm. The van der Waals surface area contributed by atoms with Gasteiger partial charge < -0.3 is 10.2 Å². The number of phenols is 2. The third-order valence-corrected chi connectivity index (χ3v) is 2.69. The molecule has 4 nitrogen and oxygen atoms in total. The predicted octanol–water partition coefficient (Wildman–Crippen LogP) is 2.64. The van der Waals surface area contributed by atoms with Crippen LogP contribution in [0.3, 0.4) is 0 Å². The first kappa shape index (κ1) is 17.8. The van der Waals surface area contributed by atoms with E-state index in [9.17, 15) is 10.2 Å². The third kappa shape index (κ3) is 5.92. The van der Waals surface area contributed by atoms with Crippen molar-refractivity contribution in [3.63, 3.8) is 0 Å². The zero-order valence-electron chi connectivity index (χ0n) is 11.4.